The molecule has 2 amide bonds. The van der Waals surface area contributed by atoms with Gasteiger partial charge in [0.05, 0.1) is 11.9 Å². The molecule has 2 N–H and O–H groups in total. The Kier molecular flexibility index (Phi) is 4.11. The third kappa shape index (κ3) is 3.16. The van der Waals surface area contributed by atoms with Crippen LogP contribution in [0.15, 0.2) is 6.20 Å². The number of halogens is 1. The number of nitrogens with zero attached hydrogens (tertiary/aromatic N) is 2. The van der Waals surface area contributed by atoms with E-state index in [1.807, 2.05) is 0 Å². The summed E-state index contributed by atoms with van der Waals surface area (Å²) in [6.07, 6.45) is 6.09. The van der Waals surface area contributed by atoms with E-state index in [2.05, 4.69) is 22.7 Å². The van der Waals surface area contributed by atoms with Gasteiger partial charge < -0.3 is 10.6 Å². The summed E-state index contributed by atoms with van der Waals surface area (Å²) in [5.41, 5.74) is 0.542. The van der Waals surface area contributed by atoms with E-state index < -0.39 is 0 Å². The summed E-state index contributed by atoms with van der Waals surface area (Å²) in [7, 11) is 1.73. The fourth-order valence-electron chi connectivity index (χ4n) is 2.42. The van der Waals surface area contributed by atoms with Crippen molar-refractivity contribution >= 4 is 23.3 Å². The van der Waals surface area contributed by atoms with E-state index in [-0.39, 0.29) is 12.1 Å². The Morgan fingerprint density at radius 3 is 2.94 bits per heavy atom. The number of rotatable bonds is 2. The minimum absolute atomic E-state index is 0.205. The van der Waals surface area contributed by atoms with Gasteiger partial charge in [-0.05, 0) is 18.8 Å². The second kappa shape index (κ2) is 5.61. The zero-order valence-corrected chi connectivity index (χ0v) is 11.5. The Hall–Kier alpha value is -1.23. The molecule has 0 bridgehead atoms. The van der Waals surface area contributed by atoms with Gasteiger partial charge in [-0.2, -0.15) is 5.10 Å². The normalized spacial score (nSPS) is 23.7. The predicted octanol–water partition coefficient (Wildman–Crippen LogP) is 2.77. The van der Waals surface area contributed by atoms with Crippen molar-refractivity contribution in [3.8, 4) is 0 Å². The van der Waals surface area contributed by atoms with Gasteiger partial charge in [-0.3, -0.25) is 4.68 Å². The maximum Gasteiger partial charge on any atom is 0.319 e. The van der Waals surface area contributed by atoms with Crippen LogP contribution in [-0.2, 0) is 7.05 Å². The van der Waals surface area contributed by atoms with Gasteiger partial charge in [0.2, 0.25) is 0 Å². The largest absolute Gasteiger partial charge is 0.335 e. The lowest BCUT2D eigenvalue weighted by atomic mass is 9.87. The van der Waals surface area contributed by atoms with Gasteiger partial charge in [-0.15, -0.1) is 0 Å². The van der Waals surface area contributed by atoms with Crippen molar-refractivity contribution in [3.63, 3.8) is 0 Å². The standard InChI is InChI=1S/C12H19ClN4O/c1-8-4-3-5-9(6-8)15-12(18)16-10-7-14-17(2)11(10)13/h7-9H,3-6H2,1-2H3,(H2,15,16,18). The van der Waals surface area contributed by atoms with Crippen LogP contribution in [0, 0.1) is 5.92 Å². The highest BCUT2D eigenvalue weighted by molar-refractivity contribution is 6.32. The summed E-state index contributed by atoms with van der Waals surface area (Å²) in [4.78, 5) is 11.8. The number of hydrogen-bond donors (Lipinski definition) is 2. The van der Waals surface area contributed by atoms with Crippen molar-refractivity contribution in [1.29, 1.82) is 0 Å². The first kappa shape index (κ1) is 13.2. The molecular weight excluding hydrogens is 252 g/mol. The molecule has 0 spiro atoms. The molecule has 2 unspecified atom stereocenters. The van der Waals surface area contributed by atoms with E-state index in [1.54, 1.807) is 13.2 Å². The summed E-state index contributed by atoms with van der Waals surface area (Å²) >= 11 is 5.98. The predicted molar refractivity (Wildman–Crippen MR) is 71.8 cm³/mol. The highest BCUT2D eigenvalue weighted by atomic mass is 35.5. The zero-order valence-electron chi connectivity index (χ0n) is 10.7. The maximum atomic E-state index is 11.8. The number of hydrogen-bond acceptors (Lipinski definition) is 2. The number of aromatic nitrogens is 2. The third-order valence-corrected chi connectivity index (χ3v) is 3.83. The van der Waals surface area contributed by atoms with Crippen LogP contribution in [0.5, 0.6) is 0 Å². The van der Waals surface area contributed by atoms with Crippen molar-refractivity contribution in [2.45, 2.75) is 38.6 Å². The van der Waals surface area contributed by atoms with Gasteiger partial charge in [-0.1, -0.05) is 31.4 Å². The molecule has 0 saturated heterocycles. The van der Waals surface area contributed by atoms with E-state index in [9.17, 15) is 4.79 Å². The molecule has 18 heavy (non-hydrogen) atoms. The Balaban J connectivity index is 1.87. The van der Waals surface area contributed by atoms with Crippen LogP contribution < -0.4 is 10.6 Å². The Labute approximate surface area is 112 Å². The SMILES string of the molecule is CC1CCCC(NC(=O)Nc2cnn(C)c2Cl)C1. The number of carbonyl (C=O) groups excluding carboxylic acids is 1. The summed E-state index contributed by atoms with van der Waals surface area (Å²) in [5, 5.41) is 10.1. The third-order valence-electron chi connectivity index (χ3n) is 3.39. The fourth-order valence-corrected chi connectivity index (χ4v) is 2.56. The highest BCUT2D eigenvalue weighted by Crippen LogP contribution is 2.24. The first-order valence-electron chi connectivity index (χ1n) is 6.31. The molecule has 1 heterocycles. The molecule has 1 aromatic rings. The number of anilines is 1. The van der Waals surface area contributed by atoms with Gasteiger partial charge in [0, 0.05) is 13.1 Å². The molecule has 6 heteroatoms. The van der Waals surface area contributed by atoms with Crippen LogP contribution in [0.25, 0.3) is 0 Å². The zero-order chi connectivity index (χ0) is 13.1. The molecule has 1 aliphatic rings. The van der Waals surface area contributed by atoms with Crippen LogP contribution in [0.2, 0.25) is 5.15 Å². The molecule has 0 radical (unpaired) electrons. The molecule has 0 aromatic carbocycles. The topological polar surface area (TPSA) is 59.0 Å². The molecule has 5 nitrogen and oxygen atoms in total. The molecule has 1 saturated carbocycles. The van der Waals surface area contributed by atoms with Crippen LogP contribution in [0.4, 0.5) is 10.5 Å². The van der Waals surface area contributed by atoms with Crippen molar-refractivity contribution in [1.82, 2.24) is 15.1 Å². The van der Waals surface area contributed by atoms with E-state index in [4.69, 9.17) is 11.6 Å². The molecule has 1 fully saturated rings. The number of urea groups is 1. The molecule has 2 atom stereocenters. The minimum atomic E-state index is -0.205. The van der Waals surface area contributed by atoms with Gasteiger partial charge in [-0.25, -0.2) is 4.79 Å². The van der Waals surface area contributed by atoms with Gasteiger partial charge >= 0.3 is 6.03 Å². The monoisotopic (exact) mass is 270 g/mol. The Morgan fingerprint density at radius 1 is 1.56 bits per heavy atom. The summed E-state index contributed by atoms with van der Waals surface area (Å²) in [6.45, 7) is 2.23. The van der Waals surface area contributed by atoms with Crippen LogP contribution in [0.3, 0.4) is 0 Å². The fraction of sp³-hybridized carbons (Fsp3) is 0.667. The highest BCUT2D eigenvalue weighted by Gasteiger charge is 2.20. The van der Waals surface area contributed by atoms with Crippen LogP contribution >= 0.6 is 11.6 Å². The molecule has 0 aliphatic heterocycles. The second-order valence-electron chi connectivity index (χ2n) is 5.04. The lowest BCUT2D eigenvalue weighted by Crippen LogP contribution is -2.40. The van der Waals surface area contributed by atoms with E-state index >= 15 is 0 Å². The summed E-state index contributed by atoms with van der Waals surface area (Å²) in [5.74, 6) is 0.686. The molecule has 2 rings (SSSR count). The molecule has 100 valence electrons. The Morgan fingerprint density at radius 2 is 2.33 bits per heavy atom. The van der Waals surface area contributed by atoms with Gasteiger partial charge in [0.25, 0.3) is 0 Å². The van der Waals surface area contributed by atoms with Crippen molar-refractivity contribution in [2.24, 2.45) is 13.0 Å². The van der Waals surface area contributed by atoms with Crippen molar-refractivity contribution in [3.05, 3.63) is 11.3 Å². The van der Waals surface area contributed by atoms with Crippen LogP contribution in [-0.4, -0.2) is 21.9 Å². The lowest BCUT2D eigenvalue weighted by molar-refractivity contribution is 0.238. The summed E-state index contributed by atoms with van der Waals surface area (Å²) < 4.78 is 1.51. The number of aryl methyl sites for hydroxylation is 1. The first-order valence-corrected chi connectivity index (χ1v) is 6.69. The van der Waals surface area contributed by atoms with Crippen LogP contribution in [0.1, 0.15) is 32.6 Å². The lowest BCUT2D eigenvalue weighted by Gasteiger charge is -2.27. The maximum absolute atomic E-state index is 11.8. The average Bonchev–Trinajstić information content (AvgIpc) is 2.61. The van der Waals surface area contributed by atoms with Gasteiger partial charge in [0.1, 0.15) is 5.15 Å². The second-order valence-corrected chi connectivity index (χ2v) is 5.40. The minimum Gasteiger partial charge on any atom is -0.335 e. The first-order chi connectivity index (χ1) is 8.56. The van der Waals surface area contributed by atoms with Crippen molar-refractivity contribution < 1.29 is 4.79 Å². The molecule has 1 aromatic heterocycles. The smallest absolute Gasteiger partial charge is 0.319 e. The quantitative estimate of drug-likeness (QED) is 0.868. The van der Waals surface area contributed by atoms with E-state index in [0.717, 1.165) is 12.8 Å². The summed E-state index contributed by atoms with van der Waals surface area (Å²) in [6, 6.07) is 0.0631. The number of nitrogens with one attached hydrogen (secondary N) is 2. The Bertz CT molecular complexity index is 432. The van der Waals surface area contributed by atoms with Crippen molar-refractivity contribution in [2.75, 3.05) is 5.32 Å². The van der Waals surface area contributed by atoms with Gasteiger partial charge in [0.15, 0.2) is 0 Å². The number of carbonyl (C=O) groups is 1. The van der Waals surface area contributed by atoms with E-state index in [0.29, 0.717) is 16.8 Å². The molecule has 1 aliphatic carbocycles. The molecular formula is C12H19ClN4O. The van der Waals surface area contributed by atoms with E-state index in [1.165, 1.54) is 17.5 Å². The number of amides is 2. The average molecular weight is 271 g/mol.